The topological polar surface area (TPSA) is 80.7 Å². The Labute approximate surface area is 151 Å². The Kier molecular flexibility index (Phi) is 4.16. The number of nitrogens with two attached hydrogens (primary N) is 1. The SMILES string of the molecule is NC(=O)[C@H]1CCCN(C(=O)c2cccc(-c3cccc4ccnn34)c2)C1. The third kappa shape index (κ3) is 2.94. The van der Waals surface area contributed by atoms with Crippen LogP contribution in [0.2, 0.25) is 0 Å². The van der Waals surface area contributed by atoms with Gasteiger partial charge in [-0.1, -0.05) is 18.2 Å². The molecule has 1 aliphatic rings. The van der Waals surface area contributed by atoms with Crippen molar-refractivity contribution in [2.75, 3.05) is 13.1 Å². The van der Waals surface area contributed by atoms with E-state index < -0.39 is 0 Å². The van der Waals surface area contributed by atoms with Gasteiger partial charge < -0.3 is 10.6 Å². The average Bonchev–Trinajstić information content (AvgIpc) is 3.16. The molecule has 2 aromatic heterocycles. The fraction of sp³-hybridized carbons (Fsp3) is 0.250. The maximum atomic E-state index is 12.9. The molecule has 1 saturated heterocycles. The predicted octanol–water partition coefficient (Wildman–Crippen LogP) is 2.34. The van der Waals surface area contributed by atoms with E-state index in [1.165, 1.54) is 0 Å². The Morgan fingerprint density at radius 3 is 2.81 bits per heavy atom. The van der Waals surface area contributed by atoms with Crippen LogP contribution in [-0.4, -0.2) is 39.4 Å². The maximum Gasteiger partial charge on any atom is 0.253 e. The molecule has 6 heteroatoms. The Hall–Kier alpha value is -3.15. The molecule has 2 N–H and O–H groups in total. The van der Waals surface area contributed by atoms with Gasteiger partial charge in [-0.05, 0) is 43.2 Å². The van der Waals surface area contributed by atoms with Crippen molar-refractivity contribution in [2.45, 2.75) is 12.8 Å². The van der Waals surface area contributed by atoms with E-state index in [2.05, 4.69) is 5.10 Å². The van der Waals surface area contributed by atoms with Crippen molar-refractivity contribution < 1.29 is 9.59 Å². The van der Waals surface area contributed by atoms with Crippen LogP contribution in [0.1, 0.15) is 23.2 Å². The number of aromatic nitrogens is 2. The third-order valence-corrected chi connectivity index (χ3v) is 4.94. The lowest BCUT2D eigenvalue weighted by Crippen LogP contribution is -2.44. The summed E-state index contributed by atoms with van der Waals surface area (Å²) in [5.41, 5.74) is 8.88. The molecule has 3 aromatic rings. The zero-order valence-electron chi connectivity index (χ0n) is 14.3. The molecule has 0 unspecified atom stereocenters. The fourth-order valence-electron chi connectivity index (χ4n) is 3.56. The molecular weight excluding hydrogens is 328 g/mol. The van der Waals surface area contributed by atoms with Crippen LogP contribution in [0, 0.1) is 5.92 Å². The minimum absolute atomic E-state index is 0.0644. The monoisotopic (exact) mass is 348 g/mol. The van der Waals surface area contributed by atoms with E-state index in [1.807, 2.05) is 53.0 Å². The Bertz CT molecular complexity index is 979. The van der Waals surface area contributed by atoms with E-state index >= 15 is 0 Å². The second-order valence-corrected chi connectivity index (χ2v) is 6.65. The van der Waals surface area contributed by atoms with E-state index in [4.69, 9.17) is 5.73 Å². The number of amides is 2. The summed E-state index contributed by atoms with van der Waals surface area (Å²) in [4.78, 5) is 26.1. The number of rotatable bonds is 3. The van der Waals surface area contributed by atoms with Crippen LogP contribution in [0.15, 0.2) is 54.7 Å². The summed E-state index contributed by atoms with van der Waals surface area (Å²) in [5, 5.41) is 4.36. The highest BCUT2D eigenvalue weighted by atomic mass is 16.2. The van der Waals surface area contributed by atoms with Crippen LogP contribution in [-0.2, 0) is 4.79 Å². The number of likely N-dealkylation sites (tertiary alicyclic amines) is 1. The van der Waals surface area contributed by atoms with Gasteiger partial charge >= 0.3 is 0 Å². The number of primary amides is 1. The molecule has 4 rings (SSSR count). The molecule has 3 heterocycles. The van der Waals surface area contributed by atoms with Gasteiger partial charge in [0, 0.05) is 24.2 Å². The van der Waals surface area contributed by atoms with E-state index in [9.17, 15) is 9.59 Å². The van der Waals surface area contributed by atoms with Crippen LogP contribution >= 0.6 is 0 Å². The number of piperidine rings is 1. The first-order valence-corrected chi connectivity index (χ1v) is 8.75. The minimum atomic E-state index is -0.332. The largest absolute Gasteiger partial charge is 0.369 e. The molecule has 1 aliphatic heterocycles. The average molecular weight is 348 g/mol. The molecule has 1 fully saturated rings. The minimum Gasteiger partial charge on any atom is -0.369 e. The Morgan fingerprint density at radius 1 is 1.12 bits per heavy atom. The number of benzene rings is 1. The molecule has 0 spiro atoms. The predicted molar refractivity (Wildman–Crippen MR) is 98.4 cm³/mol. The van der Waals surface area contributed by atoms with Gasteiger partial charge in [-0.15, -0.1) is 0 Å². The molecular formula is C20H20N4O2. The van der Waals surface area contributed by atoms with Crippen molar-refractivity contribution in [1.29, 1.82) is 0 Å². The third-order valence-electron chi connectivity index (χ3n) is 4.94. The number of pyridine rings is 1. The smallest absolute Gasteiger partial charge is 0.253 e. The molecule has 6 nitrogen and oxygen atoms in total. The maximum absolute atomic E-state index is 12.9. The van der Waals surface area contributed by atoms with Gasteiger partial charge in [0.2, 0.25) is 5.91 Å². The molecule has 26 heavy (non-hydrogen) atoms. The molecule has 0 saturated carbocycles. The highest BCUT2D eigenvalue weighted by Crippen LogP contribution is 2.24. The zero-order chi connectivity index (χ0) is 18.1. The number of carbonyl (C=O) groups is 2. The Balaban J connectivity index is 1.64. The van der Waals surface area contributed by atoms with Gasteiger partial charge in [0.15, 0.2) is 0 Å². The number of hydrogen-bond donors (Lipinski definition) is 1. The lowest BCUT2D eigenvalue weighted by Gasteiger charge is -2.31. The van der Waals surface area contributed by atoms with Crippen LogP contribution < -0.4 is 5.73 Å². The molecule has 0 radical (unpaired) electrons. The van der Waals surface area contributed by atoms with Crippen molar-refractivity contribution in [3.63, 3.8) is 0 Å². The molecule has 132 valence electrons. The fourth-order valence-corrected chi connectivity index (χ4v) is 3.56. The normalized spacial score (nSPS) is 17.4. The van der Waals surface area contributed by atoms with E-state index in [1.54, 1.807) is 11.1 Å². The summed E-state index contributed by atoms with van der Waals surface area (Å²) >= 11 is 0. The Morgan fingerprint density at radius 2 is 1.96 bits per heavy atom. The number of carbonyl (C=O) groups excluding carboxylic acids is 2. The lowest BCUT2D eigenvalue weighted by molar-refractivity contribution is -0.123. The molecule has 0 aliphatic carbocycles. The van der Waals surface area contributed by atoms with Crippen molar-refractivity contribution in [1.82, 2.24) is 14.5 Å². The number of nitrogens with zero attached hydrogens (tertiary/aromatic N) is 3. The first-order valence-electron chi connectivity index (χ1n) is 8.75. The molecule has 0 bridgehead atoms. The second-order valence-electron chi connectivity index (χ2n) is 6.65. The van der Waals surface area contributed by atoms with Gasteiger partial charge in [0.25, 0.3) is 5.91 Å². The van der Waals surface area contributed by atoms with Crippen molar-refractivity contribution in [3.05, 3.63) is 60.3 Å². The summed E-state index contributed by atoms with van der Waals surface area (Å²) < 4.78 is 1.85. The van der Waals surface area contributed by atoms with Crippen molar-refractivity contribution >= 4 is 17.3 Å². The van der Waals surface area contributed by atoms with E-state index in [0.717, 1.165) is 29.6 Å². The summed E-state index contributed by atoms with van der Waals surface area (Å²) in [5.74, 6) is -0.652. The van der Waals surface area contributed by atoms with E-state index in [0.29, 0.717) is 18.7 Å². The summed E-state index contributed by atoms with van der Waals surface area (Å²) in [6, 6.07) is 15.4. The van der Waals surface area contributed by atoms with E-state index in [-0.39, 0.29) is 17.7 Å². The van der Waals surface area contributed by atoms with Gasteiger partial charge in [0.05, 0.1) is 23.3 Å². The first kappa shape index (κ1) is 16.3. The quantitative estimate of drug-likeness (QED) is 0.789. The molecule has 2 amide bonds. The summed E-state index contributed by atoms with van der Waals surface area (Å²) in [6.07, 6.45) is 3.30. The van der Waals surface area contributed by atoms with Crippen LogP contribution in [0.4, 0.5) is 0 Å². The molecule has 1 atom stereocenters. The van der Waals surface area contributed by atoms with Gasteiger partial charge in [-0.2, -0.15) is 5.10 Å². The number of fused-ring (bicyclic) bond motifs is 1. The van der Waals surface area contributed by atoms with Crippen LogP contribution in [0.5, 0.6) is 0 Å². The summed E-state index contributed by atoms with van der Waals surface area (Å²) in [7, 11) is 0. The van der Waals surface area contributed by atoms with Crippen molar-refractivity contribution in [2.24, 2.45) is 11.7 Å². The van der Waals surface area contributed by atoms with Gasteiger partial charge in [-0.3, -0.25) is 9.59 Å². The number of hydrogen-bond acceptors (Lipinski definition) is 3. The molecule has 1 aromatic carbocycles. The van der Waals surface area contributed by atoms with Gasteiger partial charge in [0.1, 0.15) is 0 Å². The first-order chi connectivity index (χ1) is 12.6. The highest BCUT2D eigenvalue weighted by molar-refractivity contribution is 5.96. The van der Waals surface area contributed by atoms with Crippen molar-refractivity contribution in [3.8, 4) is 11.3 Å². The second kappa shape index (κ2) is 6.63. The highest BCUT2D eigenvalue weighted by Gasteiger charge is 2.27. The standard InChI is InChI=1S/C20H20N4O2/c21-19(25)16-6-3-11-23(13-16)20(26)15-5-1-4-14(12-15)18-8-2-7-17-9-10-22-24(17)18/h1-2,4-5,7-10,12,16H,3,6,11,13H2,(H2,21,25)/t16-/m0/s1. The van der Waals surface area contributed by atoms with Gasteiger partial charge in [-0.25, -0.2) is 4.52 Å². The lowest BCUT2D eigenvalue weighted by atomic mass is 9.96. The van der Waals surface area contributed by atoms with Crippen LogP contribution in [0.25, 0.3) is 16.8 Å². The van der Waals surface area contributed by atoms with Crippen LogP contribution in [0.3, 0.4) is 0 Å². The zero-order valence-corrected chi connectivity index (χ0v) is 14.3. The summed E-state index contributed by atoms with van der Waals surface area (Å²) in [6.45, 7) is 1.05.